The van der Waals surface area contributed by atoms with E-state index in [1.807, 2.05) is 0 Å². The Morgan fingerprint density at radius 2 is 1.59 bits per heavy atom. The van der Waals surface area contributed by atoms with Gasteiger partial charge in [0.15, 0.2) is 5.25 Å². The summed E-state index contributed by atoms with van der Waals surface area (Å²) in [4.78, 5) is 22.5. The van der Waals surface area contributed by atoms with Crippen LogP contribution in [0.1, 0.15) is 59.3 Å². The average molecular weight is 338 g/mol. The zero-order chi connectivity index (χ0) is 17.3. The van der Waals surface area contributed by atoms with Crippen LogP contribution >= 0.6 is 0 Å². The van der Waals surface area contributed by atoms with E-state index in [1.165, 1.54) is 0 Å². The van der Waals surface area contributed by atoms with Gasteiger partial charge in [-0.1, -0.05) is 33.6 Å². The Morgan fingerprint density at radius 1 is 1.05 bits per heavy atom. The Kier molecular flexibility index (Phi) is 9.27. The van der Waals surface area contributed by atoms with Gasteiger partial charge in [-0.15, -0.1) is 0 Å². The first-order valence-electron chi connectivity index (χ1n) is 7.54. The number of hydrogen-bond acceptors (Lipinski definition) is 5. The fraction of sp³-hybridized carbons (Fsp3) is 0.857. The summed E-state index contributed by atoms with van der Waals surface area (Å²) in [5.41, 5.74) is 0. The third-order valence-electron chi connectivity index (χ3n) is 3.77. The van der Waals surface area contributed by atoms with Gasteiger partial charge in [0.1, 0.15) is 6.10 Å². The number of carbonyl (C=O) groups is 2. The minimum absolute atomic E-state index is 0.480. The smallest absolute Gasteiger partial charge is 0.327 e. The lowest BCUT2D eigenvalue weighted by molar-refractivity contribution is -0.152. The molecule has 22 heavy (non-hydrogen) atoms. The van der Waals surface area contributed by atoms with Crippen molar-refractivity contribution in [1.82, 2.24) is 0 Å². The molecule has 0 saturated heterocycles. The Labute approximate surface area is 131 Å². The first-order chi connectivity index (χ1) is 10.1. The molecule has 0 fully saturated rings. The van der Waals surface area contributed by atoms with Crippen LogP contribution in [0.5, 0.6) is 0 Å². The SMILES string of the molecule is CCC(CC)CCC(CC)OC(=O)C(CC(=O)O)S(=O)(=O)O. The van der Waals surface area contributed by atoms with Crippen LogP contribution < -0.4 is 0 Å². The van der Waals surface area contributed by atoms with Crippen molar-refractivity contribution in [3.05, 3.63) is 0 Å². The number of hydrogen-bond donors (Lipinski definition) is 2. The van der Waals surface area contributed by atoms with Crippen LogP contribution in [0.25, 0.3) is 0 Å². The molecule has 2 unspecified atom stereocenters. The lowest BCUT2D eigenvalue weighted by Gasteiger charge is -2.21. The summed E-state index contributed by atoms with van der Waals surface area (Å²) >= 11 is 0. The summed E-state index contributed by atoms with van der Waals surface area (Å²) in [5, 5.41) is 6.57. The molecular weight excluding hydrogens is 312 g/mol. The number of ether oxygens (including phenoxy) is 1. The third kappa shape index (κ3) is 7.74. The number of aliphatic carboxylic acids is 1. The van der Waals surface area contributed by atoms with Crippen LogP contribution in [0.15, 0.2) is 0 Å². The molecule has 0 radical (unpaired) electrons. The topological polar surface area (TPSA) is 118 Å². The van der Waals surface area contributed by atoms with Crippen molar-refractivity contribution in [2.24, 2.45) is 5.92 Å². The van der Waals surface area contributed by atoms with E-state index in [0.717, 1.165) is 19.3 Å². The van der Waals surface area contributed by atoms with E-state index < -0.39 is 39.8 Å². The normalized spacial score (nSPS) is 14.6. The molecule has 0 spiro atoms. The minimum atomic E-state index is -4.81. The van der Waals surface area contributed by atoms with Gasteiger partial charge in [0.05, 0.1) is 6.42 Å². The van der Waals surface area contributed by atoms with Crippen molar-refractivity contribution in [2.45, 2.75) is 70.7 Å². The molecule has 0 rings (SSSR count). The minimum Gasteiger partial charge on any atom is -0.481 e. The van der Waals surface area contributed by atoms with Crippen molar-refractivity contribution in [3.63, 3.8) is 0 Å². The Morgan fingerprint density at radius 3 is 1.95 bits per heavy atom. The lowest BCUT2D eigenvalue weighted by Crippen LogP contribution is -2.36. The van der Waals surface area contributed by atoms with Crippen LogP contribution in [0.3, 0.4) is 0 Å². The highest BCUT2D eigenvalue weighted by atomic mass is 32.2. The van der Waals surface area contributed by atoms with E-state index in [0.29, 0.717) is 18.8 Å². The Bertz CT molecular complexity index is 454. The highest BCUT2D eigenvalue weighted by molar-refractivity contribution is 7.87. The zero-order valence-electron chi connectivity index (χ0n) is 13.3. The lowest BCUT2D eigenvalue weighted by atomic mass is 9.95. The van der Waals surface area contributed by atoms with Gasteiger partial charge in [-0.05, 0) is 25.2 Å². The van der Waals surface area contributed by atoms with Gasteiger partial charge in [0.25, 0.3) is 10.1 Å². The first kappa shape index (κ1) is 20.9. The van der Waals surface area contributed by atoms with Crippen LogP contribution in [0.4, 0.5) is 0 Å². The van der Waals surface area contributed by atoms with Crippen molar-refractivity contribution < 1.29 is 32.4 Å². The maximum atomic E-state index is 11.9. The predicted octanol–water partition coefficient (Wildman–Crippen LogP) is 2.26. The van der Waals surface area contributed by atoms with Crippen LogP contribution in [0.2, 0.25) is 0 Å². The molecule has 8 heteroatoms. The highest BCUT2D eigenvalue weighted by Gasteiger charge is 2.36. The molecule has 0 saturated carbocycles. The van der Waals surface area contributed by atoms with Crippen LogP contribution in [-0.2, 0) is 24.4 Å². The second kappa shape index (κ2) is 9.78. The second-order valence-electron chi connectivity index (χ2n) is 5.33. The molecule has 130 valence electrons. The van der Waals surface area contributed by atoms with Crippen molar-refractivity contribution >= 4 is 22.1 Å². The molecule has 0 aromatic rings. The van der Waals surface area contributed by atoms with E-state index >= 15 is 0 Å². The van der Waals surface area contributed by atoms with Gasteiger partial charge < -0.3 is 9.84 Å². The summed E-state index contributed by atoms with van der Waals surface area (Å²) in [7, 11) is -4.81. The van der Waals surface area contributed by atoms with E-state index in [9.17, 15) is 18.0 Å². The van der Waals surface area contributed by atoms with Gasteiger partial charge >= 0.3 is 11.9 Å². The number of esters is 1. The van der Waals surface area contributed by atoms with Crippen LogP contribution in [-0.4, -0.2) is 41.4 Å². The van der Waals surface area contributed by atoms with Crippen LogP contribution in [0, 0.1) is 5.92 Å². The summed E-state index contributed by atoms with van der Waals surface area (Å²) in [6.07, 6.45) is 2.44. The fourth-order valence-corrected chi connectivity index (χ4v) is 2.83. The van der Waals surface area contributed by atoms with Gasteiger partial charge in [-0.25, -0.2) is 0 Å². The zero-order valence-corrected chi connectivity index (χ0v) is 14.1. The largest absolute Gasteiger partial charge is 0.481 e. The number of carboxylic acids is 1. The summed E-state index contributed by atoms with van der Waals surface area (Å²) < 4.78 is 36.3. The molecule has 0 aliphatic rings. The van der Waals surface area contributed by atoms with Gasteiger partial charge in [-0.2, -0.15) is 8.42 Å². The summed E-state index contributed by atoms with van der Waals surface area (Å²) in [6, 6.07) is 0. The molecule has 0 amide bonds. The van der Waals surface area contributed by atoms with E-state index in [-0.39, 0.29) is 0 Å². The van der Waals surface area contributed by atoms with Gasteiger partial charge in [0, 0.05) is 0 Å². The molecule has 0 aromatic heterocycles. The van der Waals surface area contributed by atoms with E-state index in [2.05, 4.69) is 13.8 Å². The molecule has 0 aliphatic carbocycles. The summed E-state index contributed by atoms with van der Waals surface area (Å²) in [6.45, 7) is 5.94. The maximum Gasteiger partial charge on any atom is 0.327 e. The standard InChI is InChI=1S/C14H26O7S/c1-4-10(5-2)7-8-11(6-3)21-14(17)12(9-13(15)16)22(18,19)20/h10-12H,4-9H2,1-3H3,(H,15,16)(H,18,19,20). The average Bonchev–Trinajstić information content (AvgIpc) is 2.42. The van der Waals surface area contributed by atoms with E-state index in [4.69, 9.17) is 14.4 Å². The van der Waals surface area contributed by atoms with Gasteiger partial charge in [0.2, 0.25) is 0 Å². The second-order valence-corrected chi connectivity index (χ2v) is 6.93. The van der Waals surface area contributed by atoms with Gasteiger partial charge in [-0.3, -0.25) is 14.1 Å². The van der Waals surface area contributed by atoms with E-state index in [1.54, 1.807) is 6.92 Å². The summed E-state index contributed by atoms with van der Waals surface area (Å²) in [5.74, 6) is -2.20. The molecule has 2 atom stereocenters. The predicted molar refractivity (Wildman–Crippen MR) is 81.1 cm³/mol. The Hall–Kier alpha value is -1.15. The Balaban J connectivity index is 4.76. The monoisotopic (exact) mass is 338 g/mol. The molecule has 0 bridgehead atoms. The fourth-order valence-electron chi connectivity index (χ4n) is 2.17. The number of rotatable bonds is 11. The number of carbonyl (C=O) groups excluding carboxylic acids is 1. The quantitative estimate of drug-likeness (QED) is 0.438. The molecular formula is C14H26O7S. The third-order valence-corrected chi connectivity index (χ3v) is 4.85. The molecule has 0 aromatic carbocycles. The maximum absolute atomic E-state index is 11.9. The number of carboxylic acid groups (broad SMARTS) is 1. The first-order valence-corrected chi connectivity index (χ1v) is 9.04. The van der Waals surface area contributed by atoms with Crippen molar-refractivity contribution in [2.75, 3.05) is 0 Å². The molecule has 0 aliphatic heterocycles. The highest BCUT2D eigenvalue weighted by Crippen LogP contribution is 2.20. The van der Waals surface area contributed by atoms with Crippen molar-refractivity contribution in [1.29, 1.82) is 0 Å². The molecule has 0 heterocycles. The molecule has 2 N–H and O–H groups in total. The molecule has 7 nitrogen and oxygen atoms in total. The van der Waals surface area contributed by atoms with Crippen molar-refractivity contribution in [3.8, 4) is 0 Å².